The fourth-order valence-electron chi connectivity index (χ4n) is 5.84. The molecule has 0 nitrogen and oxygen atoms in total. The third-order valence-electron chi connectivity index (χ3n) is 8.50. The van der Waals surface area contributed by atoms with Gasteiger partial charge in [0.15, 0.2) is 0 Å². The van der Waals surface area contributed by atoms with Gasteiger partial charge in [0.2, 0.25) is 0 Å². The van der Waals surface area contributed by atoms with Crippen molar-refractivity contribution in [3.05, 3.63) is 130 Å². The van der Waals surface area contributed by atoms with Crippen molar-refractivity contribution in [2.45, 2.75) is 71.6 Å². The molecule has 7 rings (SSSR count). The second-order valence-corrected chi connectivity index (χ2v) is 12.5. The van der Waals surface area contributed by atoms with E-state index >= 15 is 0 Å². The van der Waals surface area contributed by atoms with Crippen molar-refractivity contribution >= 4 is 0 Å². The molecule has 4 aromatic carbocycles. The zero-order valence-electron chi connectivity index (χ0n) is 22.9. The van der Waals surface area contributed by atoms with Crippen LogP contribution >= 0.6 is 0 Å². The summed E-state index contributed by atoms with van der Waals surface area (Å²) in [5.74, 6) is 0. The smallest absolute Gasteiger partial charge is 0.0158 e. The molecule has 0 spiro atoms. The molecule has 36 heavy (non-hydrogen) atoms. The summed E-state index contributed by atoms with van der Waals surface area (Å²) < 4.78 is 0. The number of fused-ring (bicyclic) bond motifs is 5. The summed E-state index contributed by atoms with van der Waals surface area (Å²) in [6.07, 6.45) is 3.98. The molecule has 0 N–H and O–H groups in total. The molecule has 0 bridgehead atoms. The van der Waals surface area contributed by atoms with Gasteiger partial charge >= 0.3 is 0 Å². The van der Waals surface area contributed by atoms with Crippen LogP contribution in [0.15, 0.2) is 97.1 Å². The van der Waals surface area contributed by atoms with Gasteiger partial charge in [0.1, 0.15) is 0 Å². The first-order valence-electron chi connectivity index (χ1n) is 13.5. The highest BCUT2D eigenvalue weighted by molar-refractivity contribution is 5.80. The monoisotopic (exact) mass is 472 g/mol. The highest BCUT2D eigenvalue weighted by atomic mass is 14.4. The summed E-state index contributed by atoms with van der Waals surface area (Å²) in [6.45, 7) is 13.9. The molecule has 0 saturated heterocycles. The van der Waals surface area contributed by atoms with E-state index in [1.807, 2.05) is 0 Å². The maximum absolute atomic E-state index is 2.32. The van der Waals surface area contributed by atoms with Crippen molar-refractivity contribution in [1.29, 1.82) is 0 Å². The Hall–Kier alpha value is -3.12. The van der Waals surface area contributed by atoms with Gasteiger partial charge in [-0.1, -0.05) is 139 Å². The second-order valence-electron chi connectivity index (χ2n) is 12.5. The Labute approximate surface area is 218 Å². The average molecular weight is 473 g/mol. The lowest BCUT2D eigenvalue weighted by Gasteiger charge is -2.35. The van der Waals surface area contributed by atoms with Crippen LogP contribution in [-0.2, 0) is 17.3 Å². The van der Waals surface area contributed by atoms with Gasteiger partial charge in [0.05, 0.1) is 0 Å². The molecule has 1 saturated carbocycles. The van der Waals surface area contributed by atoms with Crippen LogP contribution in [0.25, 0.3) is 11.1 Å². The predicted molar refractivity (Wildman–Crippen MR) is 155 cm³/mol. The summed E-state index contributed by atoms with van der Waals surface area (Å²) >= 11 is 0. The zero-order chi connectivity index (χ0) is 25.6. The van der Waals surface area contributed by atoms with Gasteiger partial charge in [-0.2, -0.15) is 0 Å². The maximum Gasteiger partial charge on any atom is 0.0158 e. The first-order valence-corrected chi connectivity index (χ1v) is 13.5. The minimum Gasteiger partial charge on any atom is -0.0620 e. The molecule has 4 aromatic rings. The zero-order valence-corrected chi connectivity index (χ0v) is 22.9. The van der Waals surface area contributed by atoms with E-state index in [1.165, 1.54) is 57.3 Å². The van der Waals surface area contributed by atoms with Crippen LogP contribution in [0, 0.1) is 5.41 Å². The lowest BCUT2D eigenvalue weighted by molar-refractivity contribution is 0.610. The Balaban J connectivity index is 0.000000125. The number of hydrogen-bond acceptors (Lipinski definition) is 0. The molecule has 1 fully saturated rings. The number of hydrogen-bond donors (Lipinski definition) is 0. The van der Waals surface area contributed by atoms with Crippen LogP contribution in [0.3, 0.4) is 0 Å². The Morgan fingerprint density at radius 3 is 1.11 bits per heavy atom. The van der Waals surface area contributed by atoms with Gasteiger partial charge in [-0.3, -0.25) is 0 Å². The van der Waals surface area contributed by atoms with E-state index in [-0.39, 0.29) is 10.8 Å². The van der Waals surface area contributed by atoms with Crippen molar-refractivity contribution in [3.63, 3.8) is 0 Å². The molecule has 0 radical (unpaired) electrons. The Morgan fingerprint density at radius 1 is 0.417 bits per heavy atom. The van der Waals surface area contributed by atoms with Crippen molar-refractivity contribution in [3.8, 4) is 11.1 Å². The van der Waals surface area contributed by atoms with Crippen LogP contribution in [0.4, 0.5) is 0 Å². The highest BCUT2D eigenvalue weighted by Crippen LogP contribution is 2.48. The van der Waals surface area contributed by atoms with Crippen LogP contribution in [0.2, 0.25) is 0 Å². The molecule has 0 heterocycles. The van der Waals surface area contributed by atoms with Gasteiger partial charge in [-0.05, 0) is 69.2 Å². The highest BCUT2D eigenvalue weighted by Gasteiger charge is 2.34. The summed E-state index contributed by atoms with van der Waals surface area (Å²) in [5.41, 5.74) is 12.7. The first kappa shape index (κ1) is 24.6. The molecular weight excluding hydrogens is 432 g/mol. The van der Waals surface area contributed by atoms with Crippen LogP contribution < -0.4 is 0 Å². The van der Waals surface area contributed by atoms with Gasteiger partial charge in [-0.15, -0.1) is 0 Å². The van der Waals surface area contributed by atoms with E-state index in [0.717, 1.165) is 11.8 Å². The molecular formula is C36H40. The third kappa shape index (κ3) is 4.55. The van der Waals surface area contributed by atoms with E-state index in [2.05, 4.69) is 139 Å². The van der Waals surface area contributed by atoms with E-state index in [0.29, 0.717) is 0 Å². The van der Waals surface area contributed by atoms with Gasteiger partial charge in [0.25, 0.3) is 0 Å². The van der Waals surface area contributed by atoms with E-state index in [4.69, 9.17) is 0 Å². The lowest BCUT2D eigenvalue weighted by Crippen LogP contribution is -2.26. The van der Waals surface area contributed by atoms with E-state index < -0.39 is 0 Å². The number of benzene rings is 4. The lowest BCUT2D eigenvalue weighted by atomic mass is 9.69. The van der Waals surface area contributed by atoms with Gasteiger partial charge in [0, 0.05) is 10.8 Å². The summed E-state index contributed by atoms with van der Waals surface area (Å²) in [5, 5.41) is 0. The minimum absolute atomic E-state index is 0.144. The fraction of sp³-hybridized carbons (Fsp3) is 0.333. The van der Waals surface area contributed by atoms with Crippen LogP contribution in [0.5, 0.6) is 0 Å². The van der Waals surface area contributed by atoms with E-state index in [9.17, 15) is 0 Å². The predicted octanol–water partition coefficient (Wildman–Crippen LogP) is 9.72. The average Bonchev–Trinajstić information content (AvgIpc) is 3.53. The molecule has 184 valence electrons. The van der Waals surface area contributed by atoms with Gasteiger partial charge in [-0.25, -0.2) is 0 Å². The second kappa shape index (κ2) is 9.07. The van der Waals surface area contributed by atoms with Crippen molar-refractivity contribution < 1.29 is 0 Å². The normalized spacial score (nSPS) is 18.1. The Bertz CT molecular complexity index is 1280. The molecule has 3 aliphatic carbocycles. The number of rotatable bonds is 0. The molecule has 0 atom stereocenters. The molecule has 3 aliphatic rings. The van der Waals surface area contributed by atoms with Crippen LogP contribution in [0.1, 0.15) is 87.8 Å². The SMILES string of the molecule is CC1(C)CC1.CC1(C)c2ccccc2-c2ccccc21.CC1(C)c2ccccc2Cc2ccccc21. The molecule has 0 unspecified atom stereocenters. The molecule has 0 aromatic heterocycles. The Kier molecular flexibility index (Phi) is 6.19. The van der Waals surface area contributed by atoms with Crippen molar-refractivity contribution in [1.82, 2.24) is 0 Å². The third-order valence-corrected chi connectivity index (χ3v) is 8.50. The summed E-state index contributed by atoms with van der Waals surface area (Å²) in [6, 6.07) is 35.1. The topological polar surface area (TPSA) is 0 Å². The van der Waals surface area contributed by atoms with Crippen molar-refractivity contribution in [2.24, 2.45) is 5.41 Å². The molecule has 0 heteroatoms. The molecule has 0 amide bonds. The van der Waals surface area contributed by atoms with Crippen LogP contribution in [-0.4, -0.2) is 0 Å². The maximum atomic E-state index is 2.32. The summed E-state index contributed by atoms with van der Waals surface area (Å²) in [4.78, 5) is 0. The van der Waals surface area contributed by atoms with Crippen molar-refractivity contribution in [2.75, 3.05) is 0 Å². The first-order chi connectivity index (χ1) is 17.1. The quantitative estimate of drug-likeness (QED) is 0.239. The largest absolute Gasteiger partial charge is 0.0620 e. The fourth-order valence-corrected chi connectivity index (χ4v) is 5.84. The van der Waals surface area contributed by atoms with Gasteiger partial charge < -0.3 is 0 Å². The summed E-state index contributed by atoms with van der Waals surface area (Å²) in [7, 11) is 0. The Morgan fingerprint density at radius 2 is 0.722 bits per heavy atom. The van der Waals surface area contributed by atoms with E-state index in [1.54, 1.807) is 0 Å². The standard InChI is InChI=1S/C16H16.C15H14.C5H10/c1-16(2)14-9-5-3-7-12(14)11-13-8-4-6-10-15(13)16;1-15(2)13-9-5-3-7-11(13)12-8-4-6-10-14(12)15;1-5(2)3-4-5/h3-10H,11H2,1-2H3;3-10H,1-2H3;3-4H2,1-2H3. The molecule has 0 aliphatic heterocycles. The minimum atomic E-state index is 0.144.